The minimum atomic E-state index is -1.24. The van der Waals surface area contributed by atoms with Crippen molar-refractivity contribution in [2.45, 2.75) is 26.4 Å². The highest BCUT2D eigenvalue weighted by Gasteiger charge is 2.27. The van der Waals surface area contributed by atoms with Gasteiger partial charge in [-0.2, -0.15) is 4.98 Å². The zero-order chi connectivity index (χ0) is 19.3. The fraction of sp³-hybridized carbons (Fsp3) is 0.333. The van der Waals surface area contributed by atoms with Gasteiger partial charge in [0.15, 0.2) is 11.2 Å². The van der Waals surface area contributed by atoms with Gasteiger partial charge >= 0.3 is 11.7 Å². The zero-order valence-corrected chi connectivity index (χ0v) is 15.0. The molecule has 1 aliphatic rings. The minimum absolute atomic E-state index is 0.255. The normalized spacial score (nSPS) is 13.8. The molecular weight excluding hydrogens is 350 g/mol. The fourth-order valence-electron chi connectivity index (χ4n) is 3.58. The van der Waals surface area contributed by atoms with Gasteiger partial charge in [-0.25, -0.2) is 9.36 Å². The van der Waals surface area contributed by atoms with Crippen molar-refractivity contribution >= 4 is 28.8 Å². The number of nitrogens with zero attached hydrogens (tertiary/aromatic N) is 5. The maximum atomic E-state index is 12.9. The van der Waals surface area contributed by atoms with E-state index in [4.69, 9.17) is 5.11 Å². The van der Waals surface area contributed by atoms with Gasteiger partial charge in [0, 0.05) is 25.8 Å². The van der Waals surface area contributed by atoms with Gasteiger partial charge in [-0.15, -0.1) is 0 Å². The summed E-state index contributed by atoms with van der Waals surface area (Å²) in [6, 6.07) is 7.98. The lowest BCUT2D eigenvalue weighted by Gasteiger charge is -2.29. The number of hydrogen-bond donors (Lipinski definition) is 1. The molecule has 140 valence electrons. The number of fused-ring (bicyclic) bond motifs is 3. The van der Waals surface area contributed by atoms with Gasteiger partial charge in [0.2, 0.25) is 5.95 Å². The number of carboxylic acid groups (broad SMARTS) is 1. The van der Waals surface area contributed by atoms with Crippen LogP contribution >= 0.6 is 0 Å². The molecule has 3 heterocycles. The number of carboxylic acids is 1. The van der Waals surface area contributed by atoms with E-state index in [2.05, 4.69) is 4.98 Å². The van der Waals surface area contributed by atoms with Gasteiger partial charge in [0.1, 0.15) is 6.54 Å². The van der Waals surface area contributed by atoms with E-state index in [9.17, 15) is 14.4 Å². The van der Waals surface area contributed by atoms with Gasteiger partial charge in [0.25, 0.3) is 5.56 Å². The number of rotatable bonds is 3. The van der Waals surface area contributed by atoms with Crippen LogP contribution in [0.3, 0.4) is 0 Å². The molecule has 1 N–H and O–H groups in total. The average Bonchev–Trinajstić information content (AvgIpc) is 3.03. The van der Waals surface area contributed by atoms with Crippen LogP contribution in [0.4, 0.5) is 11.6 Å². The van der Waals surface area contributed by atoms with Crippen molar-refractivity contribution < 1.29 is 9.90 Å². The predicted octanol–water partition coefficient (Wildman–Crippen LogP) is 0.832. The number of aryl methyl sites for hydroxylation is 3. The van der Waals surface area contributed by atoms with Crippen molar-refractivity contribution in [2.75, 3.05) is 11.4 Å². The van der Waals surface area contributed by atoms with Gasteiger partial charge in [-0.05, 0) is 31.0 Å². The van der Waals surface area contributed by atoms with Crippen LogP contribution in [0.15, 0.2) is 33.9 Å². The molecule has 4 rings (SSSR count). The van der Waals surface area contributed by atoms with Gasteiger partial charge < -0.3 is 14.6 Å². The van der Waals surface area contributed by atoms with Crippen molar-refractivity contribution in [3.8, 4) is 0 Å². The first-order valence-corrected chi connectivity index (χ1v) is 8.64. The summed E-state index contributed by atoms with van der Waals surface area (Å²) in [4.78, 5) is 43.0. The van der Waals surface area contributed by atoms with E-state index in [1.165, 1.54) is 11.6 Å². The highest BCUT2D eigenvalue weighted by Crippen LogP contribution is 2.31. The largest absolute Gasteiger partial charge is 0.480 e. The monoisotopic (exact) mass is 369 g/mol. The molecule has 27 heavy (non-hydrogen) atoms. The van der Waals surface area contributed by atoms with Crippen molar-refractivity contribution in [3.05, 3.63) is 50.7 Å². The van der Waals surface area contributed by atoms with Crippen LogP contribution in [0, 0.1) is 6.92 Å². The molecule has 0 spiro atoms. The third kappa shape index (κ3) is 2.62. The van der Waals surface area contributed by atoms with E-state index in [0.29, 0.717) is 12.5 Å². The second-order valence-corrected chi connectivity index (χ2v) is 6.71. The van der Waals surface area contributed by atoms with Gasteiger partial charge in [-0.1, -0.05) is 12.1 Å². The number of carbonyl (C=O) groups is 1. The first-order valence-electron chi connectivity index (χ1n) is 8.64. The first-order chi connectivity index (χ1) is 12.9. The number of imidazole rings is 1. The number of benzene rings is 1. The van der Waals surface area contributed by atoms with E-state index in [1.54, 1.807) is 4.57 Å². The summed E-state index contributed by atoms with van der Waals surface area (Å²) in [5.41, 5.74) is 1.28. The van der Waals surface area contributed by atoms with Crippen molar-refractivity contribution in [3.63, 3.8) is 0 Å². The van der Waals surface area contributed by atoms with Crippen LogP contribution in [0.5, 0.6) is 0 Å². The molecule has 9 nitrogen and oxygen atoms in total. The minimum Gasteiger partial charge on any atom is -0.480 e. The Labute approximate surface area is 153 Å². The molecule has 0 radical (unpaired) electrons. The molecule has 9 heteroatoms. The summed E-state index contributed by atoms with van der Waals surface area (Å²) in [5.74, 6) is -0.657. The Balaban J connectivity index is 2.00. The number of hydrogen-bond acceptors (Lipinski definition) is 5. The number of anilines is 2. The molecule has 1 aromatic carbocycles. The molecule has 1 aliphatic heterocycles. The molecule has 0 atom stereocenters. The molecular formula is C18H19N5O4. The highest BCUT2D eigenvalue weighted by molar-refractivity contribution is 5.77. The summed E-state index contributed by atoms with van der Waals surface area (Å²) >= 11 is 0. The Hall–Kier alpha value is -3.36. The van der Waals surface area contributed by atoms with E-state index >= 15 is 0 Å². The van der Waals surface area contributed by atoms with E-state index in [1.807, 2.05) is 36.1 Å². The lowest BCUT2D eigenvalue weighted by molar-refractivity contribution is -0.137. The zero-order valence-electron chi connectivity index (χ0n) is 15.0. The molecule has 0 amide bonds. The molecule has 0 fully saturated rings. The Morgan fingerprint density at radius 3 is 2.74 bits per heavy atom. The molecule has 0 unspecified atom stereocenters. The maximum absolute atomic E-state index is 12.9. The SMILES string of the molecule is Cc1cccc(N2CCCn3c2nc2c3c(=O)n(CC(=O)O)c(=O)n2C)c1. The Kier molecular flexibility index (Phi) is 3.87. The average molecular weight is 369 g/mol. The van der Waals surface area contributed by atoms with Gasteiger partial charge in [-0.3, -0.25) is 14.2 Å². The molecule has 0 bridgehead atoms. The van der Waals surface area contributed by atoms with Crippen LogP contribution in [0.2, 0.25) is 0 Å². The molecule has 0 saturated carbocycles. The second kappa shape index (κ2) is 6.11. The van der Waals surface area contributed by atoms with Crippen molar-refractivity contribution in [1.29, 1.82) is 0 Å². The first kappa shape index (κ1) is 17.1. The fourth-order valence-corrected chi connectivity index (χ4v) is 3.58. The predicted molar refractivity (Wildman–Crippen MR) is 99.7 cm³/mol. The lowest BCUT2D eigenvalue weighted by Crippen LogP contribution is -2.41. The van der Waals surface area contributed by atoms with Crippen molar-refractivity contribution in [2.24, 2.45) is 7.05 Å². The number of aliphatic carboxylic acids is 1. The van der Waals surface area contributed by atoms with Crippen LogP contribution in [0.25, 0.3) is 11.2 Å². The summed E-state index contributed by atoms with van der Waals surface area (Å²) in [6.07, 6.45) is 0.799. The van der Waals surface area contributed by atoms with E-state index in [-0.39, 0.29) is 11.2 Å². The standard InChI is InChI=1S/C18H19N5O4/c1-11-5-3-6-12(9-11)21-7-4-8-22-14-15(19-17(21)22)20(2)18(27)23(16(14)26)10-13(24)25/h3,5-6,9H,4,7-8,10H2,1-2H3,(H,24,25). The summed E-state index contributed by atoms with van der Waals surface area (Å²) in [7, 11) is 1.50. The molecule has 0 aliphatic carbocycles. The van der Waals surface area contributed by atoms with Crippen molar-refractivity contribution in [1.82, 2.24) is 18.7 Å². The topological polar surface area (TPSA) is 102 Å². The Morgan fingerprint density at radius 1 is 1.26 bits per heavy atom. The highest BCUT2D eigenvalue weighted by atomic mass is 16.4. The van der Waals surface area contributed by atoms with Crippen LogP contribution in [0.1, 0.15) is 12.0 Å². The smallest absolute Gasteiger partial charge is 0.333 e. The van der Waals surface area contributed by atoms with Crippen LogP contribution < -0.4 is 16.1 Å². The number of aromatic nitrogens is 4. The van der Waals surface area contributed by atoms with Crippen LogP contribution in [-0.4, -0.2) is 36.3 Å². The van der Waals surface area contributed by atoms with Crippen LogP contribution in [-0.2, 0) is 24.9 Å². The third-order valence-electron chi connectivity index (χ3n) is 4.82. The second-order valence-electron chi connectivity index (χ2n) is 6.71. The molecule has 3 aromatic rings. The maximum Gasteiger partial charge on any atom is 0.333 e. The van der Waals surface area contributed by atoms with Gasteiger partial charge in [0.05, 0.1) is 0 Å². The van der Waals surface area contributed by atoms with E-state index in [0.717, 1.165) is 28.8 Å². The summed E-state index contributed by atoms with van der Waals surface area (Å²) in [5, 5.41) is 9.05. The quantitative estimate of drug-likeness (QED) is 0.734. The lowest BCUT2D eigenvalue weighted by atomic mass is 10.2. The summed E-state index contributed by atoms with van der Waals surface area (Å²) in [6.45, 7) is 2.65. The molecule has 2 aromatic heterocycles. The Morgan fingerprint density at radius 2 is 2.04 bits per heavy atom. The third-order valence-corrected chi connectivity index (χ3v) is 4.82. The van der Waals surface area contributed by atoms with E-state index < -0.39 is 23.8 Å². The molecule has 0 saturated heterocycles. The Bertz CT molecular complexity index is 1190. The summed E-state index contributed by atoms with van der Waals surface area (Å²) < 4.78 is 3.76.